The van der Waals surface area contributed by atoms with Crippen molar-refractivity contribution in [2.75, 3.05) is 4.90 Å². The Morgan fingerprint density at radius 2 is 1.88 bits per heavy atom. The van der Waals surface area contributed by atoms with Crippen LogP contribution in [-0.2, 0) is 24.8 Å². The van der Waals surface area contributed by atoms with Gasteiger partial charge >= 0.3 is 0 Å². The molecule has 1 aliphatic heterocycles. The Kier molecular flexibility index (Phi) is 3.91. The lowest BCUT2D eigenvalue weighted by Crippen LogP contribution is -2.37. The monoisotopic (exact) mass is 323 g/mol. The number of amides is 1. The molecule has 0 bridgehead atoms. The summed E-state index contributed by atoms with van der Waals surface area (Å²) in [5.74, 6) is 1.23. The zero-order valence-corrected chi connectivity index (χ0v) is 14.5. The number of rotatable bonds is 1. The van der Waals surface area contributed by atoms with Crippen molar-refractivity contribution in [2.24, 2.45) is 18.9 Å². The van der Waals surface area contributed by atoms with Crippen LogP contribution in [0.5, 0.6) is 0 Å². The summed E-state index contributed by atoms with van der Waals surface area (Å²) in [6.45, 7) is 2.94. The molecular formula is C20H25N3O. The van der Waals surface area contributed by atoms with Gasteiger partial charge in [0.1, 0.15) is 0 Å². The lowest BCUT2D eigenvalue weighted by molar-refractivity contribution is -0.123. The summed E-state index contributed by atoms with van der Waals surface area (Å²) >= 11 is 0. The number of para-hydroxylation sites is 1. The molecule has 0 N–H and O–H groups in total. The largest absolute Gasteiger partial charge is 0.307 e. The molecule has 1 saturated carbocycles. The van der Waals surface area contributed by atoms with Gasteiger partial charge in [-0.15, -0.1) is 0 Å². The molecule has 2 aliphatic rings. The van der Waals surface area contributed by atoms with Crippen LogP contribution in [0, 0.1) is 11.8 Å². The minimum atomic E-state index is 0.174. The number of aryl methyl sites for hydroxylation is 1. The van der Waals surface area contributed by atoms with Crippen LogP contribution in [-0.4, -0.2) is 15.7 Å². The van der Waals surface area contributed by atoms with Crippen molar-refractivity contribution in [3.63, 3.8) is 0 Å². The molecule has 1 amide bonds. The number of aromatic nitrogens is 2. The summed E-state index contributed by atoms with van der Waals surface area (Å²) in [6, 6.07) is 8.33. The average Bonchev–Trinajstić information content (AvgIpc) is 2.85. The third-order valence-corrected chi connectivity index (χ3v) is 5.75. The Labute approximate surface area is 143 Å². The standard InChI is InChI=1S/C20H25N3O/c1-14-7-9-15(10-8-14)20(24)23-13-17-12-21-22(2)19(17)11-16-5-3-4-6-18(16)23/h3-6,12,14-15H,7-11,13H2,1-2H3. The van der Waals surface area contributed by atoms with Crippen LogP contribution in [0.4, 0.5) is 5.69 Å². The molecular weight excluding hydrogens is 298 g/mol. The van der Waals surface area contributed by atoms with Gasteiger partial charge in [0.05, 0.1) is 12.7 Å². The number of carbonyl (C=O) groups excluding carboxylic acids is 1. The van der Waals surface area contributed by atoms with E-state index in [9.17, 15) is 4.79 Å². The van der Waals surface area contributed by atoms with Crippen LogP contribution in [0.25, 0.3) is 0 Å². The lowest BCUT2D eigenvalue weighted by Gasteiger charge is -2.31. The predicted molar refractivity (Wildman–Crippen MR) is 94.8 cm³/mol. The smallest absolute Gasteiger partial charge is 0.230 e. The van der Waals surface area contributed by atoms with E-state index in [4.69, 9.17) is 0 Å². The lowest BCUT2D eigenvalue weighted by atomic mass is 9.82. The summed E-state index contributed by atoms with van der Waals surface area (Å²) in [5.41, 5.74) is 4.69. The first-order valence-electron chi connectivity index (χ1n) is 9.02. The average molecular weight is 323 g/mol. The normalized spacial score (nSPS) is 23.3. The van der Waals surface area contributed by atoms with E-state index in [0.717, 1.165) is 30.9 Å². The Morgan fingerprint density at radius 1 is 1.12 bits per heavy atom. The molecule has 1 fully saturated rings. The maximum atomic E-state index is 13.3. The van der Waals surface area contributed by atoms with Crippen LogP contribution in [0.1, 0.15) is 49.4 Å². The molecule has 0 spiro atoms. The number of hydrogen-bond donors (Lipinski definition) is 0. The van der Waals surface area contributed by atoms with Gasteiger partial charge in [-0.3, -0.25) is 9.48 Å². The molecule has 126 valence electrons. The quantitative estimate of drug-likeness (QED) is 0.803. The van der Waals surface area contributed by atoms with Gasteiger partial charge in [0.2, 0.25) is 5.91 Å². The number of benzene rings is 1. The van der Waals surface area contributed by atoms with Crippen molar-refractivity contribution in [3.05, 3.63) is 47.3 Å². The summed E-state index contributed by atoms with van der Waals surface area (Å²) in [5, 5.41) is 4.41. The van der Waals surface area contributed by atoms with Crippen LogP contribution in [0.3, 0.4) is 0 Å². The molecule has 4 heteroatoms. The van der Waals surface area contributed by atoms with Gasteiger partial charge in [-0.25, -0.2) is 0 Å². The van der Waals surface area contributed by atoms with Crippen molar-refractivity contribution >= 4 is 11.6 Å². The topological polar surface area (TPSA) is 38.1 Å². The molecule has 2 aromatic rings. The molecule has 24 heavy (non-hydrogen) atoms. The summed E-state index contributed by atoms with van der Waals surface area (Å²) in [7, 11) is 1.99. The molecule has 4 nitrogen and oxygen atoms in total. The van der Waals surface area contributed by atoms with Gasteiger partial charge < -0.3 is 4.90 Å². The molecule has 1 aromatic carbocycles. The van der Waals surface area contributed by atoms with E-state index in [1.165, 1.54) is 29.7 Å². The Morgan fingerprint density at radius 3 is 2.67 bits per heavy atom. The van der Waals surface area contributed by atoms with Gasteiger partial charge in [0.25, 0.3) is 0 Å². The molecule has 0 saturated heterocycles. The van der Waals surface area contributed by atoms with Crippen LogP contribution in [0.2, 0.25) is 0 Å². The van der Waals surface area contributed by atoms with E-state index in [1.807, 2.05) is 28.9 Å². The van der Waals surface area contributed by atoms with Gasteiger partial charge in [-0.2, -0.15) is 5.10 Å². The van der Waals surface area contributed by atoms with E-state index in [1.54, 1.807) is 0 Å². The van der Waals surface area contributed by atoms with Gasteiger partial charge in [-0.1, -0.05) is 25.1 Å². The van der Waals surface area contributed by atoms with Crippen LogP contribution < -0.4 is 4.90 Å². The highest BCUT2D eigenvalue weighted by Gasteiger charge is 2.32. The zero-order chi connectivity index (χ0) is 16.7. The molecule has 0 atom stereocenters. The fourth-order valence-corrected chi connectivity index (χ4v) is 4.15. The summed E-state index contributed by atoms with van der Waals surface area (Å²) in [4.78, 5) is 15.3. The maximum Gasteiger partial charge on any atom is 0.230 e. The second-order valence-electron chi connectivity index (χ2n) is 7.43. The Bertz CT molecular complexity index is 756. The minimum absolute atomic E-state index is 0.174. The zero-order valence-electron chi connectivity index (χ0n) is 14.5. The molecule has 0 radical (unpaired) electrons. The first kappa shape index (κ1) is 15.4. The minimum Gasteiger partial charge on any atom is -0.307 e. The third-order valence-electron chi connectivity index (χ3n) is 5.75. The van der Waals surface area contributed by atoms with Gasteiger partial charge in [-0.05, 0) is 43.2 Å². The second-order valence-corrected chi connectivity index (χ2v) is 7.43. The number of hydrogen-bond acceptors (Lipinski definition) is 2. The van der Waals surface area contributed by atoms with E-state index in [0.29, 0.717) is 12.5 Å². The highest BCUT2D eigenvalue weighted by Crippen LogP contribution is 2.35. The first-order valence-corrected chi connectivity index (χ1v) is 9.02. The third kappa shape index (κ3) is 2.64. The van der Waals surface area contributed by atoms with Crippen molar-refractivity contribution < 1.29 is 4.79 Å². The first-order chi connectivity index (χ1) is 11.6. The van der Waals surface area contributed by atoms with E-state index >= 15 is 0 Å². The number of fused-ring (bicyclic) bond motifs is 2. The van der Waals surface area contributed by atoms with Crippen molar-refractivity contribution in [1.29, 1.82) is 0 Å². The van der Waals surface area contributed by atoms with Crippen LogP contribution in [0.15, 0.2) is 30.5 Å². The molecule has 4 rings (SSSR count). The molecule has 1 aromatic heterocycles. The molecule has 2 heterocycles. The molecule has 0 unspecified atom stereocenters. The van der Waals surface area contributed by atoms with E-state index in [2.05, 4.69) is 30.2 Å². The van der Waals surface area contributed by atoms with Crippen LogP contribution >= 0.6 is 0 Å². The van der Waals surface area contributed by atoms with Crippen molar-refractivity contribution in [3.8, 4) is 0 Å². The highest BCUT2D eigenvalue weighted by atomic mass is 16.2. The maximum absolute atomic E-state index is 13.3. The van der Waals surface area contributed by atoms with E-state index in [-0.39, 0.29) is 5.92 Å². The van der Waals surface area contributed by atoms with Crippen molar-refractivity contribution in [2.45, 2.75) is 45.6 Å². The summed E-state index contributed by atoms with van der Waals surface area (Å²) < 4.78 is 1.95. The Balaban J connectivity index is 1.70. The SMILES string of the molecule is CC1CCC(C(=O)N2Cc3cnn(C)c3Cc3ccccc32)CC1. The van der Waals surface area contributed by atoms with Gasteiger partial charge in [0.15, 0.2) is 0 Å². The summed E-state index contributed by atoms with van der Waals surface area (Å²) in [6.07, 6.45) is 7.16. The van der Waals surface area contributed by atoms with Crippen molar-refractivity contribution in [1.82, 2.24) is 9.78 Å². The van der Waals surface area contributed by atoms with Gasteiger partial charge in [0, 0.05) is 36.3 Å². The Hall–Kier alpha value is -2.10. The fourth-order valence-electron chi connectivity index (χ4n) is 4.15. The highest BCUT2D eigenvalue weighted by molar-refractivity contribution is 5.96. The second kappa shape index (κ2) is 6.08. The molecule has 1 aliphatic carbocycles. The fraction of sp³-hybridized carbons (Fsp3) is 0.500. The predicted octanol–water partition coefficient (Wildman–Crippen LogP) is 3.68. The van der Waals surface area contributed by atoms with E-state index < -0.39 is 0 Å². The number of carbonyl (C=O) groups is 1. The number of anilines is 1. The number of nitrogens with zero attached hydrogens (tertiary/aromatic N) is 3.